The summed E-state index contributed by atoms with van der Waals surface area (Å²) in [6, 6.07) is 0.421. The molecule has 0 saturated carbocycles. The fourth-order valence-electron chi connectivity index (χ4n) is 2.07. The number of rotatable bonds is 5. The largest absolute Gasteiger partial charge is 0.338 e. The zero-order valence-electron chi connectivity index (χ0n) is 10.1. The summed E-state index contributed by atoms with van der Waals surface area (Å²) in [5, 5.41) is 3.16. The highest BCUT2D eigenvalue weighted by Gasteiger charge is 2.27. The average molecular weight is 213 g/mol. The molecule has 1 fully saturated rings. The number of likely N-dealkylation sites (N-methyl/N-ethyl adjacent to an activating group) is 1. The molecule has 88 valence electrons. The Morgan fingerprint density at radius 2 is 2.27 bits per heavy atom. The molecule has 1 N–H and O–H groups in total. The first-order valence-corrected chi connectivity index (χ1v) is 5.74. The van der Waals surface area contributed by atoms with Crippen LogP contribution < -0.4 is 5.32 Å². The van der Waals surface area contributed by atoms with Crippen LogP contribution >= 0.6 is 0 Å². The van der Waals surface area contributed by atoms with Gasteiger partial charge in [0.15, 0.2) is 0 Å². The van der Waals surface area contributed by atoms with Gasteiger partial charge in [-0.2, -0.15) is 0 Å². The minimum Gasteiger partial charge on any atom is -0.338 e. The zero-order valence-corrected chi connectivity index (χ0v) is 10.1. The van der Waals surface area contributed by atoms with Crippen LogP contribution in [0.4, 0.5) is 0 Å². The van der Waals surface area contributed by atoms with E-state index in [4.69, 9.17) is 0 Å². The molecule has 1 aliphatic heterocycles. The van der Waals surface area contributed by atoms with Crippen LogP contribution in [-0.2, 0) is 4.79 Å². The van der Waals surface area contributed by atoms with Gasteiger partial charge < -0.3 is 15.1 Å². The molecule has 0 aromatic rings. The smallest absolute Gasteiger partial charge is 0.224 e. The number of hydrogen-bond acceptors (Lipinski definition) is 3. The van der Waals surface area contributed by atoms with E-state index in [0.717, 1.165) is 32.5 Å². The third-order valence-electron chi connectivity index (χ3n) is 2.91. The predicted molar refractivity (Wildman–Crippen MR) is 61.8 cm³/mol. The number of nitrogens with zero attached hydrogens (tertiary/aromatic N) is 2. The second-order valence-corrected chi connectivity index (χ2v) is 4.49. The standard InChI is InChI=1S/C11H23N3O/c1-12-9-10-5-4-7-14(10)11(15)6-8-13(2)3/h10,12H,4-9H2,1-3H3. The van der Waals surface area contributed by atoms with E-state index < -0.39 is 0 Å². The third kappa shape index (κ3) is 3.80. The molecule has 1 unspecified atom stereocenters. The van der Waals surface area contributed by atoms with E-state index in [1.54, 1.807) is 0 Å². The number of hydrogen-bond donors (Lipinski definition) is 1. The Kier molecular flexibility index (Phi) is 5.05. The maximum atomic E-state index is 11.9. The Labute approximate surface area is 92.6 Å². The van der Waals surface area contributed by atoms with Crippen molar-refractivity contribution in [3.05, 3.63) is 0 Å². The molecule has 4 heteroatoms. The second kappa shape index (κ2) is 6.08. The van der Waals surface area contributed by atoms with E-state index in [2.05, 4.69) is 10.2 Å². The number of likely N-dealkylation sites (tertiary alicyclic amines) is 1. The van der Waals surface area contributed by atoms with Crippen LogP contribution in [0, 0.1) is 0 Å². The van der Waals surface area contributed by atoms with E-state index in [1.807, 2.05) is 26.0 Å². The lowest BCUT2D eigenvalue weighted by molar-refractivity contribution is -0.132. The molecule has 15 heavy (non-hydrogen) atoms. The summed E-state index contributed by atoms with van der Waals surface area (Å²) in [4.78, 5) is 16.0. The van der Waals surface area contributed by atoms with Crippen LogP contribution in [0.2, 0.25) is 0 Å². The predicted octanol–water partition coefficient (Wildman–Crippen LogP) is 0.149. The summed E-state index contributed by atoms with van der Waals surface area (Å²) in [6.07, 6.45) is 2.95. The number of amides is 1. The SMILES string of the molecule is CNCC1CCCN1C(=O)CCN(C)C. The van der Waals surface area contributed by atoms with Crippen molar-refractivity contribution in [2.45, 2.75) is 25.3 Å². The first kappa shape index (κ1) is 12.5. The minimum absolute atomic E-state index is 0.307. The summed E-state index contributed by atoms with van der Waals surface area (Å²) >= 11 is 0. The molecule has 0 radical (unpaired) electrons. The highest BCUT2D eigenvalue weighted by atomic mass is 16.2. The molecule has 1 saturated heterocycles. The Balaban J connectivity index is 2.36. The zero-order chi connectivity index (χ0) is 11.3. The van der Waals surface area contributed by atoms with Gasteiger partial charge in [0.1, 0.15) is 0 Å². The Morgan fingerprint density at radius 3 is 2.87 bits per heavy atom. The van der Waals surface area contributed by atoms with Crippen molar-refractivity contribution < 1.29 is 4.79 Å². The molecule has 0 bridgehead atoms. The van der Waals surface area contributed by atoms with E-state index in [1.165, 1.54) is 0 Å². The lowest BCUT2D eigenvalue weighted by atomic mass is 10.2. The second-order valence-electron chi connectivity index (χ2n) is 4.49. The van der Waals surface area contributed by atoms with Gasteiger partial charge >= 0.3 is 0 Å². The van der Waals surface area contributed by atoms with E-state index in [-0.39, 0.29) is 0 Å². The molecular weight excluding hydrogens is 190 g/mol. The molecule has 0 aliphatic carbocycles. The molecule has 0 aromatic carbocycles. The van der Waals surface area contributed by atoms with Crippen molar-refractivity contribution >= 4 is 5.91 Å². The summed E-state index contributed by atoms with van der Waals surface area (Å²) in [5.41, 5.74) is 0. The lowest BCUT2D eigenvalue weighted by Crippen LogP contribution is -2.41. The van der Waals surface area contributed by atoms with Crippen LogP contribution in [0.1, 0.15) is 19.3 Å². The highest BCUT2D eigenvalue weighted by molar-refractivity contribution is 5.77. The van der Waals surface area contributed by atoms with Gasteiger partial charge in [-0.15, -0.1) is 0 Å². The topological polar surface area (TPSA) is 35.6 Å². The summed E-state index contributed by atoms with van der Waals surface area (Å²) in [5.74, 6) is 0.307. The van der Waals surface area contributed by atoms with Crippen molar-refractivity contribution in [3.63, 3.8) is 0 Å². The van der Waals surface area contributed by atoms with E-state index in [9.17, 15) is 4.79 Å². The van der Waals surface area contributed by atoms with Crippen molar-refractivity contribution in [1.82, 2.24) is 15.1 Å². The average Bonchev–Trinajstić information content (AvgIpc) is 2.63. The molecule has 1 amide bonds. The van der Waals surface area contributed by atoms with Gasteiger partial charge in [0, 0.05) is 32.1 Å². The molecule has 1 aliphatic rings. The Bertz CT molecular complexity index is 206. The normalized spacial score (nSPS) is 21.3. The number of nitrogens with one attached hydrogen (secondary N) is 1. The maximum absolute atomic E-state index is 11.9. The summed E-state index contributed by atoms with van der Waals surface area (Å²) in [6.45, 7) is 2.72. The lowest BCUT2D eigenvalue weighted by Gasteiger charge is -2.25. The molecule has 0 aromatic heterocycles. The van der Waals surface area contributed by atoms with Gasteiger partial charge in [0.05, 0.1) is 0 Å². The maximum Gasteiger partial charge on any atom is 0.224 e. The van der Waals surface area contributed by atoms with Gasteiger partial charge in [-0.25, -0.2) is 0 Å². The van der Waals surface area contributed by atoms with Gasteiger partial charge in [-0.1, -0.05) is 0 Å². The first-order valence-electron chi connectivity index (χ1n) is 5.74. The van der Waals surface area contributed by atoms with Crippen LogP contribution in [-0.4, -0.2) is 62.5 Å². The Hall–Kier alpha value is -0.610. The highest BCUT2D eigenvalue weighted by Crippen LogP contribution is 2.17. The fourth-order valence-corrected chi connectivity index (χ4v) is 2.07. The van der Waals surface area contributed by atoms with Crippen molar-refractivity contribution in [1.29, 1.82) is 0 Å². The van der Waals surface area contributed by atoms with Crippen LogP contribution in [0.15, 0.2) is 0 Å². The molecule has 1 heterocycles. The first-order chi connectivity index (χ1) is 7.15. The number of carbonyl (C=O) groups excluding carboxylic acids is 1. The van der Waals surface area contributed by atoms with Crippen LogP contribution in [0.3, 0.4) is 0 Å². The van der Waals surface area contributed by atoms with Gasteiger partial charge in [0.25, 0.3) is 0 Å². The van der Waals surface area contributed by atoms with E-state index >= 15 is 0 Å². The monoisotopic (exact) mass is 213 g/mol. The molecule has 1 rings (SSSR count). The van der Waals surface area contributed by atoms with Gasteiger partial charge in [-0.05, 0) is 34.0 Å². The molecule has 4 nitrogen and oxygen atoms in total. The molecule has 1 atom stereocenters. The van der Waals surface area contributed by atoms with Crippen molar-refractivity contribution in [2.24, 2.45) is 0 Å². The minimum atomic E-state index is 0.307. The van der Waals surface area contributed by atoms with Crippen LogP contribution in [0.5, 0.6) is 0 Å². The third-order valence-corrected chi connectivity index (χ3v) is 2.91. The van der Waals surface area contributed by atoms with Crippen LogP contribution in [0.25, 0.3) is 0 Å². The quantitative estimate of drug-likeness (QED) is 0.706. The van der Waals surface area contributed by atoms with Gasteiger partial charge in [0.2, 0.25) is 5.91 Å². The fraction of sp³-hybridized carbons (Fsp3) is 0.909. The number of carbonyl (C=O) groups is 1. The van der Waals surface area contributed by atoms with E-state index in [0.29, 0.717) is 18.4 Å². The van der Waals surface area contributed by atoms with Crippen molar-refractivity contribution in [3.8, 4) is 0 Å². The van der Waals surface area contributed by atoms with Crippen molar-refractivity contribution in [2.75, 3.05) is 40.8 Å². The Morgan fingerprint density at radius 1 is 1.53 bits per heavy atom. The summed E-state index contributed by atoms with van der Waals surface area (Å²) in [7, 11) is 5.95. The molecule has 0 spiro atoms. The van der Waals surface area contributed by atoms with Gasteiger partial charge in [-0.3, -0.25) is 4.79 Å². The molecular formula is C11H23N3O. The summed E-state index contributed by atoms with van der Waals surface area (Å²) < 4.78 is 0.